The highest BCUT2D eigenvalue weighted by molar-refractivity contribution is 5.85. The Morgan fingerprint density at radius 1 is 1.40 bits per heavy atom. The summed E-state index contributed by atoms with van der Waals surface area (Å²) in [7, 11) is 1.98. The van der Waals surface area contributed by atoms with Crippen molar-refractivity contribution < 1.29 is 4.79 Å². The van der Waals surface area contributed by atoms with E-state index in [0.29, 0.717) is 0 Å². The molecule has 1 aromatic heterocycles. The minimum absolute atomic E-state index is 0. The third kappa shape index (κ3) is 2.99. The molecule has 5 nitrogen and oxygen atoms in total. The molecule has 2 aliphatic rings. The first-order chi connectivity index (χ1) is 9.25. The molecule has 1 saturated heterocycles. The summed E-state index contributed by atoms with van der Waals surface area (Å²) in [5, 5.41) is 10.9. The Hall–Kier alpha value is -1.07. The van der Waals surface area contributed by atoms with Crippen LogP contribution in [0.5, 0.6) is 0 Å². The molecule has 0 radical (unpaired) electrons. The SMILES string of the molecule is Cl.Cn1ncc2c1CCCC2NC(=O)C1CCNCC1. The molecule has 0 aromatic carbocycles. The monoisotopic (exact) mass is 298 g/mol. The third-order valence-corrected chi connectivity index (χ3v) is 4.40. The second kappa shape index (κ2) is 6.59. The Morgan fingerprint density at radius 3 is 2.90 bits per heavy atom. The molecule has 6 heteroatoms. The molecule has 1 amide bonds. The van der Waals surface area contributed by atoms with Crippen molar-refractivity contribution in [3.8, 4) is 0 Å². The van der Waals surface area contributed by atoms with Crippen molar-refractivity contribution in [1.29, 1.82) is 0 Å². The number of aromatic nitrogens is 2. The molecule has 2 N–H and O–H groups in total. The van der Waals surface area contributed by atoms with E-state index in [9.17, 15) is 4.79 Å². The molecule has 2 heterocycles. The number of carbonyl (C=O) groups excluding carboxylic acids is 1. The minimum atomic E-state index is 0. The third-order valence-electron chi connectivity index (χ3n) is 4.40. The fraction of sp³-hybridized carbons (Fsp3) is 0.714. The van der Waals surface area contributed by atoms with Crippen LogP contribution in [0.15, 0.2) is 6.20 Å². The van der Waals surface area contributed by atoms with Gasteiger partial charge in [-0.25, -0.2) is 0 Å². The van der Waals surface area contributed by atoms with E-state index >= 15 is 0 Å². The van der Waals surface area contributed by atoms with Gasteiger partial charge in [0.1, 0.15) is 0 Å². The Kier molecular flexibility index (Phi) is 5.05. The summed E-state index contributed by atoms with van der Waals surface area (Å²) >= 11 is 0. The normalized spacial score (nSPS) is 22.8. The maximum Gasteiger partial charge on any atom is 0.223 e. The van der Waals surface area contributed by atoms with Crippen molar-refractivity contribution in [2.75, 3.05) is 13.1 Å². The average molecular weight is 299 g/mol. The van der Waals surface area contributed by atoms with Crippen LogP contribution in [0.2, 0.25) is 0 Å². The molecule has 0 spiro atoms. The summed E-state index contributed by atoms with van der Waals surface area (Å²) in [4.78, 5) is 12.3. The Balaban J connectivity index is 0.00000147. The van der Waals surface area contributed by atoms with Crippen LogP contribution in [0, 0.1) is 5.92 Å². The Labute approximate surface area is 125 Å². The average Bonchev–Trinajstić information content (AvgIpc) is 2.83. The zero-order valence-electron chi connectivity index (χ0n) is 11.9. The highest BCUT2D eigenvalue weighted by Gasteiger charge is 2.28. The second-order valence-electron chi connectivity index (χ2n) is 5.65. The first kappa shape index (κ1) is 15.3. The van der Waals surface area contributed by atoms with Gasteiger partial charge in [0.05, 0.1) is 12.2 Å². The van der Waals surface area contributed by atoms with Crippen molar-refractivity contribution in [1.82, 2.24) is 20.4 Å². The van der Waals surface area contributed by atoms with E-state index in [1.54, 1.807) is 0 Å². The number of carbonyl (C=O) groups is 1. The lowest BCUT2D eigenvalue weighted by Crippen LogP contribution is -2.40. The fourth-order valence-electron chi connectivity index (χ4n) is 3.23. The van der Waals surface area contributed by atoms with Gasteiger partial charge in [-0.1, -0.05) is 0 Å². The summed E-state index contributed by atoms with van der Waals surface area (Å²) in [5.41, 5.74) is 2.50. The molecular weight excluding hydrogens is 276 g/mol. The molecule has 1 fully saturated rings. The quantitative estimate of drug-likeness (QED) is 0.866. The summed E-state index contributed by atoms with van der Waals surface area (Å²) in [6.07, 6.45) is 7.07. The smallest absolute Gasteiger partial charge is 0.223 e. The first-order valence-electron chi connectivity index (χ1n) is 7.27. The first-order valence-corrected chi connectivity index (χ1v) is 7.27. The molecule has 20 heavy (non-hydrogen) atoms. The van der Waals surface area contributed by atoms with Crippen LogP contribution >= 0.6 is 12.4 Å². The highest BCUT2D eigenvalue weighted by Crippen LogP contribution is 2.29. The number of halogens is 1. The second-order valence-corrected chi connectivity index (χ2v) is 5.65. The van der Waals surface area contributed by atoms with Gasteiger partial charge in [0.15, 0.2) is 0 Å². The standard InChI is InChI=1S/C14H22N4O.ClH/c1-18-13-4-2-3-12(11(13)9-16-18)17-14(19)10-5-7-15-8-6-10;/h9-10,12,15H,2-8H2,1H3,(H,17,19);1H. The van der Waals surface area contributed by atoms with E-state index in [1.165, 1.54) is 11.3 Å². The summed E-state index contributed by atoms with van der Waals surface area (Å²) in [6.45, 7) is 1.92. The highest BCUT2D eigenvalue weighted by atomic mass is 35.5. The number of hydrogen-bond acceptors (Lipinski definition) is 3. The molecule has 1 aromatic rings. The van der Waals surface area contributed by atoms with Gasteiger partial charge < -0.3 is 10.6 Å². The number of fused-ring (bicyclic) bond motifs is 1. The van der Waals surface area contributed by atoms with Gasteiger partial charge in [0, 0.05) is 24.2 Å². The minimum Gasteiger partial charge on any atom is -0.349 e. The van der Waals surface area contributed by atoms with E-state index in [1.807, 2.05) is 17.9 Å². The molecule has 1 unspecified atom stereocenters. The number of hydrogen-bond donors (Lipinski definition) is 2. The van der Waals surface area contributed by atoms with E-state index in [2.05, 4.69) is 15.7 Å². The maximum atomic E-state index is 12.3. The Morgan fingerprint density at radius 2 is 2.15 bits per heavy atom. The van der Waals surface area contributed by atoms with Crippen molar-refractivity contribution in [3.63, 3.8) is 0 Å². The lowest BCUT2D eigenvalue weighted by molar-refractivity contribution is -0.126. The van der Waals surface area contributed by atoms with Gasteiger partial charge in [0.25, 0.3) is 0 Å². The van der Waals surface area contributed by atoms with Crippen LogP contribution in [-0.2, 0) is 18.3 Å². The van der Waals surface area contributed by atoms with Crippen LogP contribution < -0.4 is 10.6 Å². The summed E-state index contributed by atoms with van der Waals surface area (Å²) in [5.74, 6) is 0.409. The number of amides is 1. The van der Waals surface area contributed by atoms with Crippen molar-refractivity contribution in [2.45, 2.75) is 38.1 Å². The topological polar surface area (TPSA) is 59.0 Å². The number of nitrogens with zero attached hydrogens (tertiary/aromatic N) is 2. The molecule has 112 valence electrons. The lowest BCUT2D eigenvalue weighted by atomic mass is 9.91. The van der Waals surface area contributed by atoms with Gasteiger partial charge in [-0.2, -0.15) is 5.10 Å². The van der Waals surface area contributed by atoms with E-state index in [-0.39, 0.29) is 30.3 Å². The van der Waals surface area contributed by atoms with Gasteiger partial charge in [0.2, 0.25) is 5.91 Å². The Bertz CT molecular complexity index is 468. The molecule has 1 aliphatic carbocycles. The van der Waals surface area contributed by atoms with E-state index in [0.717, 1.165) is 45.2 Å². The predicted molar refractivity (Wildman–Crippen MR) is 79.9 cm³/mol. The van der Waals surface area contributed by atoms with Gasteiger partial charge in [-0.3, -0.25) is 9.48 Å². The largest absolute Gasteiger partial charge is 0.349 e. The molecule has 1 aliphatic heterocycles. The number of rotatable bonds is 2. The summed E-state index contributed by atoms with van der Waals surface area (Å²) in [6, 6.07) is 0.167. The van der Waals surface area contributed by atoms with Crippen LogP contribution in [0.4, 0.5) is 0 Å². The number of aryl methyl sites for hydroxylation is 1. The van der Waals surface area contributed by atoms with Gasteiger partial charge in [-0.15, -0.1) is 12.4 Å². The van der Waals surface area contributed by atoms with Crippen LogP contribution in [0.3, 0.4) is 0 Å². The lowest BCUT2D eigenvalue weighted by Gasteiger charge is -2.27. The number of nitrogens with one attached hydrogen (secondary N) is 2. The van der Waals surface area contributed by atoms with E-state index in [4.69, 9.17) is 0 Å². The van der Waals surface area contributed by atoms with Gasteiger partial charge in [-0.05, 0) is 45.2 Å². The van der Waals surface area contributed by atoms with Crippen LogP contribution in [0.1, 0.15) is 43.0 Å². The maximum absolute atomic E-state index is 12.3. The van der Waals surface area contributed by atoms with Gasteiger partial charge >= 0.3 is 0 Å². The molecule has 0 bridgehead atoms. The van der Waals surface area contributed by atoms with Crippen molar-refractivity contribution >= 4 is 18.3 Å². The van der Waals surface area contributed by atoms with Crippen molar-refractivity contribution in [3.05, 3.63) is 17.5 Å². The zero-order chi connectivity index (χ0) is 13.2. The summed E-state index contributed by atoms with van der Waals surface area (Å²) < 4.78 is 1.94. The molecule has 1 atom stereocenters. The van der Waals surface area contributed by atoms with Crippen LogP contribution in [-0.4, -0.2) is 28.8 Å². The molecular formula is C14H23ClN4O. The molecule has 3 rings (SSSR count). The van der Waals surface area contributed by atoms with E-state index < -0.39 is 0 Å². The zero-order valence-corrected chi connectivity index (χ0v) is 12.7. The molecule has 0 saturated carbocycles. The number of piperidine rings is 1. The fourth-order valence-corrected chi connectivity index (χ4v) is 3.23. The predicted octanol–water partition coefficient (Wildman–Crippen LogP) is 1.34. The van der Waals surface area contributed by atoms with Crippen molar-refractivity contribution in [2.24, 2.45) is 13.0 Å². The van der Waals surface area contributed by atoms with Crippen LogP contribution in [0.25, 0.3) is 0 Å².